The van der Waals surface area contributed by atoms with E-state index in [0.29, 0.717) is 31.2 Å². The number of likely N-dealkylation sites (N-methyl/N-ethyl adjacent to an activating group) is 1. The highest BCUT2D eigenvalue weighted by Crippen LogP contribution is 2.46. The average Bonchev–Trinajstić information content (AvgIpc) is 3.23. The summed E-state index contributed by atoms with van der Waals surface area (Å²) in [5.74, 6) is 0.198. The molecule has 7 nitrogen and oxygen atoms in total. The summed E-state index contributed by atoms with van der Waals surface area (Å²) in [5.41, 5.74) is 1.62. The van der Waals surface area contributed by atoms with E-state index in [4.69, 9.17) is 0 Å². The van der Waals surface area contributed by atoms with Crippen LogP contribution in [0.15, 0.2) is 30.3 Å². The second-order valence-electron chi connectivity index (χ2n) is 9.94. The first kappa shape index (κ1) is 22.7. The largest absolute Gasteiger partial charge is 0.341 e. The number of nitrogens with zero attached hydrogens (tertiary/aromatic N) is 5. The lowest BCUT2D eigenvalue weighted by atomic mass is 9.75. The Labute approximate surface area is 200 Å². The van der Waals surface area contributed by atoms with Gasteiger partial charge in [-0.1, -0.05) is 12.1 Å². The van der Waals surface area contributed by atoms with Crippen LogP contribution in [-0.2, 0) is 4.79 Å². The molecule has 0 aliphatic carbocycles. The standard InChI is InChI=1S/C26H32FN5O2/c1-18-15-22(29-25(28-18)31-13-4-3-5-14-31)24(34)32-16-21(19-8-10-20(27)11-9-19)26(17-32)12-6-7-23(33)30(26)2/h8-11,15,21H,3-7,12-14,16-17H2,1-2H3/t21-,26+/m0/s1. The van der Waals surface area contributed by atoms with Crippen molar-refractivity contribution in [3.05, 3.63) is 53.1 Å². The van der Waals surface area contributed by atoms with Gasteiger partial charge in [0.25, 0.3) is 5.91 Å². The van der Waals surface area contributed by atoms with E-state index in [1.807, 2.05) is 23.8 Å². The van der Waals surface area contributed by atoms with E-state index >= 15 is 0 Å². The molecule has 1 aromatic heterocycles. The summed E-state index contributed by atoms with van der Waals surface area (Å²) in [6, 6.07) is 8.23. The molecule has 1 aromatic carbocycles. The lowest BCUT2D eigenvalue weighted by Crippen LogP contribution is -2.57. The van der Waals surface area contributed by atoms with Crippen LogP contribution in [0.25, 0.3) is 0 Å². The van der Waals surface area contributed by atoms with E-state index in [9.17, 15) is 14.0 Å². The summed E-state index contributed by atoms with van der Waals surface area (Å²) < 4.78 is 13.7. The molecule has 0 radical (unpaired) electrons. The van der Waals surface area contributed by atoms with Gasteiger partial charge in [0, 0.05) is 51.3 Å². The van der Waals surface area contributed by atoms with Crippen LogP contribution in [0.3, 0.4) is 0 Å². The van der Waals surface area contributed by atoms with Gasteiger partial charge in [-0.25, -0.2) is 14.4 Å². The number of rotatable bonds is 3. The van der Waals surface area contributed by atoms with E-state index in [2.05, 4.69) is 14.9 Å². The summed E-state index contributed by atoms with van der Waals surface area (Å²) in [6.07, 6.45) is 5.54. The van der Waals surface area contributed by atoms with Gasteiger partial charge in [0.2, 0.25) is 11.9 Å². The number of aryl methyl sites for hydroxylation is 1. The molecule has 3 saturated heterocycles. The fourth-order valence-electron chi connectivity index (χ4n) is 5.94. The summed E-state index contributed by atoms with van der Waals surface area (Å²) in [5, 5.41) is 0. The number of benzene rings is 1. The summed E-state index contributed by atoms with van der Waals surface area (Å²) in [6.45, 7) is 4.61. The summed E-state index contributed by atoms with van der Waals surface area (Å²) in [7, 11) is 1.84. The Morgan fingerprint density at radius 1 is 1.09 bits per heavy atom. The van der Waals surface area contributed by atoms with Crippen molar-refractivity contribution in [1.29, 1.82) is 0 Å². The van der Waals surface area contributed by atoms with Crippen LogP contribution in [0.4, 0.5) is 10.3 Å². The third-order valence-corrected chi connectivity index (χ3v) is 7.82. The van der Waals surface area contributed by atoms with Gasteiger partial charge in [-0.05, 0) is 62.8 Å². The van der Waals surface area contributed by atoms with Crippen molar-refractivity contribution in [2.45, 2.75) is 56.9 Å². The van der Waals surface area contributed by atoms with Gasteiger partial charge in [0.05, 0.1) is 5.54 Å². The molecule has 8 heteroatoms. The number of carbonyl (C=O) groups is 2. The van der Waals surface area contributed by atoms with Gasteiger partial charge in [-0.2, -0.15) is 0 Å². The lowest BCUT2D eigenvalue weighted by molar-refractivity contribution is -0.139. The Morgan fingerprint density at radius 3 is 2.56 bits per heavy atom. The van der Waals surface area contributed by atoms with Crippen molar-refractivity contribution < 1.29 is 14.0 Å². The fourth-order valence-corrected chi connectivity index (χ4v) is 5.94. The van der Waals surface area contributed by atoms with E-state index in [1.165, 1.54) is 18.6 Å². The number of piperidine rings is 2. The Hall–Kier alpha value is -3.03. The van der Waals surface area contributed by atoms with E-state index in [-0.39, 0.29) is 23.5 Å². The number of anilines is 1. The number of amides is 2. The van der Waals surface area contributed by atoms with Crippen molar-refractivity contribution in [2.75, 3.05) is 38.1 Å². The second kappa shape index (κ2) is 8.96. The molecule has 0 saturated carbocycles. The maximum Gasteiger partial charge on any atom is 0.272 e. The third-order valence-electron chi connectivity index (χ3n) is 7.82. The van der Waals surface area contributed by atoms with Gasteiger partial charge in [-0.3, -0.25) is 9.59 Å². The van der Waals surface area contributed by atoms with Gasteiger partial charge in [0.1, 0.15) is 11.5 Å². The number of likely N-dealkylation sites (tertiary alicyclic amines) is 2. The number of carbonyl (C=O) groups excluding carboxylic acids is 2. The van der Waals surface area contributed by atoms with Crippen LogP contribution in [0, 0.1) is 12.7 Å². The SMILES string of the molecule is Cc1cc(C(=O)N2C[C@@H](c3ccc(F)cc3)[C@@]3(CCCC(=O)N3C)C2)nc(N2CCCCC2)n1. The minimum absolute atomic E-state index is 0.0872. The fraction of sp³-hybridized carbons (Fsp3) is 0.538. The van der Waals surface area contributed by atoms with Gasteiger partial charge in [0.15, 0.2) is 0 Å². The van der Waals surface area contributed by atoms with E-state index < -0.39 is 5.54 Å². The predicted molar refractivity (Wildman–Crippen MR) is 127 cm³/mol. The maximum absolute atomic E-state index is 13.7. The molecule has 0 unspecified atom stereocenters. The van der Waals surface area contributed by atoms with Gasteiger partial charge < -0.3 is 14.7 Å². The monoisotopic (exact) mass is 465 g/mol. The lowest BCUT2D eigenvalue weighted by Gasteiger charge is -2.46. The zero-order chi connectivity index (χ0) is 23.9. The molecule has 2 aromatic rings. The smallest absolute Gasteiger partial charge is 0.272 e. The molecule has 34 heavy (non-hydrogen) atoms. The topological polar surface area (TPSA) is 69.6 Å². The Balaban J connectivity index is 1.47. The Bertz CT molecular complexity index is 1090. The third kappa shape index (κ3) is 4.03. The molecule has 0 N–H and O–H groups in total. The maximum atomic E-state index is 13.7. The van der Waals surface area contributed by atoms with E-state index in [0.717, 1.165) is 50.0 Å². The average molecular weight is 466 g/mol. The van der Waals surface area contributed by atoms with Crippen LogP contribution >= 0.6 is 0 Å². The highest BCUT2D eigenvalue weighted by molar-refractivity contribution is 5.93. The molecule has 2 atom stereocenters. The summed E-state index contributed by atoms with van der Waals surface area (Å²) in [4.78, 5) is 41.6. The Morgan fingerprint density at radius 2 is 1.82 bits per heavy atom. The zero-order valence-corrected chi connectivity index (χ0v) is 20.0. The van der Waals surface area contributed by atoms with Gasteiger partial charge in [-0.15, -0.1) is 0 Å². The molecule has 2 amide bonds. The molecule has 3 aliphatic heterocycles. The normalized spacial score (nSPS) is 25.3. The van der Waals surface area contributed by atoms with Crippen LogP contribution in [-0.4, -0.2) is 70.3 Å². The summed E-state index contributed by atoms with van der Waals surface area (Å²) >= 11 is 0. The van der Waals surface area contributed by atoms with Crippen molar-refractivity contribution in [3.8, 4) is 0 Å². The Kier molecular flexibility index (Phi) is 6.00. The van der Waals surface area contributed by atoms with Crippen molar-refractivity contribution in [2.24, 2.45) is 0 Å². The molecule has 3 fully saturated rings. The molecule has 1 spiro atoms. The first-order valence-electron chi connectivity index (χ1n) is 12.3. The first-order valence-corrected chi connectivity index (χ1v) is 12.3. The zero-order valence-electron chi connectivity index (χ0n) is 20.0. The van der Waals surface area contributed by atoms with Crippen LogP contribution in [0.1, 0.15) is 66.2 Å². The first-order chi connectivity index (χ1) is 16.4. The quantitative estimate of drug-likeness (QED) is 0.694. The highest BCUT2D eigenvalue weighted by Gasteiger charge is 2.53. The molecule has 3 aliphatic rings. The van der Waals surface area contributed by atoms with Crippen LogP contribution in [0.2, 0.25) is 0 Å². The molecular weight excluding hydrogens is 433 g/mol. The van der Waals surface area contributed by atoms with Crippen molar-refractivity contribution in [1.82, 2.24) is 19.8 Å². The number of hydrogen-bond acceptors (Lipinski definition) is 5. The van der Waals surface area contributed by atoms with Gasteiger partial charge >= 0.3 is 0 Å². The number of aromatic nitrogens is 2. The highest BCUT2D eigenvalue weighted by atomic mass is 19.1. The van der Waals surface area contributed by atoms with Crippen LogP contribution < -0.4 is 4.90 Å². The number of halogens is 1. The molecule has 4 heterocycles. The second-order valence-corrected chi connectivity index (χ2v) is 9.94. The minimum Gasteiger partial charge on any atom is -0.341 e. The predicted octanol–water partition coefficient (Wildman–Crippen LogP) is 3.54. The van der Waals surface area contributed by atoms with E-state index in [1.54, 1.807) is 18.2 Å². The molecular formula is C26H32FN5O2. The van der Waals surface area contributed by atoms with Crippen molar-refractivity contribution in [3.63, 3.8) is 0 Å². The molecule has 0 bridgehead atoms. The molecule has 5 rings (SSSR count). The molecule has 180 valence electrons. The number of hydrogen-bond donors (Lipinski definition) is 0. The van der Waals surface area contributed by atoms with Crippen molar-refractivity contribution >= 4 is 17.8 Å². The van der Waals surface area contributed by atoms with Crippen LogP contribution in [0.5, 0.6) is 0 Å². The minimum atomic E-state index is -0.499.